The van der Waals surface area contributed by atoms with Crippen LogP contribution in [0.25, 0.3) is 33.1 Å². The summed E-state index contributed by atoms with van der Waals surface area (Å²) >= 11 is 5.88. The highest BCUT2D eigenvalue weighted by Gasteiger charge is 2.32. The van der Waals surface area contributed by atoms with Crippen molar-refractivity contribution in [1.82, 2.24) is 54.4 Å². The van der Waals surface area contributed by atoms with Gasteiger partial charge in [-0.1, -0.05) is 48.7 Å². The van der Waals surface area contributed by atoms with E-state index in [2.05, 4.69) is 108 Å². The number of hydrogen-bond acceptors (Lipinski definition) is 14. The third-order valence-corrected chi connectivity index (χ3v) is 16.0. The molecule has 0 spiro atoms. The maximum atomic E-state index is 5.88. The Balaban J connectivity index is 0.000000141. The molecule has 4 aliphatic heterocycles. The van der Waals surface area contributed by atoms with Gasteiger partial charge < -0.3 is 29.5 Å². The number of nitrogens with one attached hydrogen (secondary N) is 1. The summed E-state index contributed by atoms with van der Waals surface area (Å²) in [6.07, 6.45) is 19.7. The van der Waals surface area contributed by atoms with Crippen molar-refractivity contribution in [1.29, 1.82) is 0 Å². The lowest BCUT2D eigenvalue weighted by atomic mass is 9.96. The Morgan fingerprint density at radius 2 is 1.12 bits per heavy atom. The third kappa shape index (κ3) is 12.9. The second kappa shape index (κ2) is 26.5. The number of morpholine rings is 2. The van der Waals surface area contributed by atoms with Crippen LogP contribution >= 0.6 is 45.4 Å². The fraction of sp³-hybridized carbons (Fsp3) is 0.509. The molecule has 4 fully saturated rings. The predicted molar refractivity (Wildman–Crippen MR) is 330 cm³/mol. The van der Waals surface area contributed by atoms with Crippen LogP contribution in [-0.2, 0) is 35.2 Å². The molecule has 0 amide bonds. The van der Waals surface area contributed by atoms with Gasteiger partial charge in [-0.2, -0.15) is 19.2 Å². The van der Waals surface area contributed by atoms with Crippen molar-refractivity contribution in [2.24, 2.45) is 0 Å². The monoisotopic (exact) mass is 1150 g/mol. The van der Waals surface area contributed by atoms with E-state index in [1.165, 1.54) is 103 Å². The number of nitrogens with zero attached hydrogens (tertiary/aromatic N) is 13. The van der Waals surface area contributed by atoms with Crippen molar-refractivity contribution in [2.45, 2.75) is 123 Å². The van der Waals surface area contributed by atoms with Crippen LogP contribution in [0, 0.1) is 13.8 Å². The number of aromatic nitrogens is 10. The molecule has 10 heterocycles. The summed E-state index contributed by atoms with van der Waals surface area (Å²) in [6.45, 7) is 13.2. The fourth-order valence-corrected chi connectivity index (χ4v) is 12.1. The van der Waals surface area contributed by atoms with E-state index in [0.717, 1.165) is 155 Å². The van der Waals surface area contributed by atoms with Crippen LogP contribution in [0.1, 0.15) is 129 Å². The van der Waals surface area contributed by atoms with Crippen LogP contribution in [0.3, 0.4) is 0 Å². The maximum absolute atomic E-state index is 5.88. The summed E-state index contributed by atoms with van der Waals surface area (Å²) < 4.78 is 15.5. The van der Waals surface area contributed by atoms with Crippen molar-refractivity contribution in [2.75, 3.05) is 80.4 Å². The van der Waals surface area contributed by atoms with Crippen LogP contribution in [0.15, 0.2) is 61.2 Å². The molecule has 6 aliphatic rings. The first-order valence-corrected chi connectivity index (χ1v) is 34.3. The van der Waals surface area contributed by atoms with Gasteiger partial charge in [-0.25, -0.2) is 29.9 Å². The van der Waals surface area contributed by atoms with Gasteiger partial charge in [0.2, 0.25) is 0 Å². The second-order valence-electron chi connectivity index (χ2n) is 21.1. The first-order chi connectivity index (χ1) is 37.7. The van der Waals surface area contributed by atoms with E-state index in [9.17, 15) is 0 Å². The zero-order chi connectivity index (χ0) is 52.8. The Hall–Kier alpha value is -4.35. The van der Waals surface area contributed by atoms with Crippen molar-refractivity contribution < 1.29 is 9.47 Å². The van der Waals surface area contributed by atoms with Crippen LogP contribution in [0.4, 0.5) is 17.5 Å². The van der Waals surface area contributed by atoms with Gasteiger partial charge in [0.15, 0.2) is 11.3 Å². The Morgan fingerprint density at radius 3 is 1.71 bits per heavy atom. The van der Waals surface area contributed by atoms with Crippen molar-refractivity contribution in [3.8, 4) is 0 Å². The first kappa shape index (κ1) is 56.9. The molecule has 0 radical (unpaired) electrons. The van der Waals surface area contributed by atoms with Crippen molar-refractivity contribution in [3.63, 3.8) is 0 Å². The molecule has 2 aliphatic carbocycles. The largest absolute Gasteiger partial charge is 0.378 e. The molecule has 21 heteroatoms. The highest BCUT2D eigenvalue weighted by molar-refractivity contribution is 8.65. The molecule has 414 valence electrons. The minimum atomic E-state index is 0. The molecule has 1 N–H and O–H groups in total. The molecular formula is C57H77ClN14O2P4. The van der Waals surface area contributed by atoms with Gasteiger partial charge in [-0.3, -0.25) is 0 Å². The topological polar surface area (TPSA) is 152 Å². The minimum Gasteiger partial charge on any atom is -0.378 e. The Bertz CT molecular complexity index is 3320. The molecule has 8 aromatic rings. The SMILES string of the molecule is C.Cc1ccc2ncnc(Cl)c2c1.Cc1ccc2ncnc(N3CCCCC3c3cc4nc5c(c(N6CCOCC6)n4n3)CCCC5)c2c1.PP(P)P.c1c(C2CCCCN2)nn2c(N3CCOCC3)c3c(nc12)CCCC3. The lowest BCUT2D eigenvalue weighted by Crippen LogP contribution is -2.38. The van der Waals surface area contributed by atoms with Gasteiger partial charge in [-0.15, -0.1) is 26.8 Å². The fourth-order valence-electron chi connectivity index (χ4n) is 11.9. The smallest absolute Gasteiger partial charge is 0.157 e. The van der Waals surface area contributed by atoms with Crippen LogP contribution in [-0.4, -0.2) is 115 Å². The lowest BCUT2D eigenvalue weighted by Gasteiger charge is -2.36. The average Bonchev–Trinajstić information content (AvgIpc) is 4.10. The van der Waals surface area contributed by atoms with Crippen molar-refractivity contribution in [3.05, 3.63) is 111 Å². The lowest BCUT2D eigenvalue weighted by molar-refractivity contribution is 0.122. The van der Waals surface area contributed by atoms with Gasteiger partial charge in [0.25, 0.3) is 0 Å². The molecule has 4 saturated heterocycles. The van der Waals surface area contributed by atoms with Gasteiger partial charge in [0.05, 0.1) is 60.9 Å². The molecule has 5 atom stereocenters. The number of anilines is 3. The molecule has 14 rings (SSSR count). The first-order valence-electron chi connectivity index (χ1n) is 27.8. The molecule has 5 unspecified atom stereocenters. The van der Waals surface area contributed by atoms with E-state index in [1.807, 2.05) is 25.1 Å². The van der Waals surface area contributed by atoms with Gasteiger partial charge in [0, 0.05) is 78.1 Å². The van der Waals surface area contributed by atoms with Crippen LogP contribution in [0.2, 0.25) is 5.15 Å². The summed E-state index contributed by atoms with van der Waals surface area (Å²) in [5, 5.41) is 16.5. The second-order valence-corrected chi connectivity index (χ2v) is 33.1. The minimum absolute atomic E-state index is 0. The predicted octanol–water partition coefficient (Wildman–Crippen LogP) is 11.8. The van der Waals surface area contributed by atoms with E-state index in [1.54, 1.807) is 6.33 Å². The molecule has 0 bridgehead atoms. The maximum Gasteiger partial charge on any atom is 0.157 e. The Labute approximate surface area is 472 Å². The average molecular weight is 1150 g/mol. The van der Waals surface area contributed by atoms with E-state index in [4.69, 9.17) is 46.2 Å². The Kier molecular flexibility index (Phi) is 19.3. The summed E-state index contributed by atoms with van der Waals surface area (Å²) in [5.41, 5.74) is 13.9. The number of piperidine rings is 2. The highest BCUT2D eigenvalue weighted by Crippen LogP contribution is 2.60. The normalized spacial score (nSPS) is 19.5. The standard InChI is InChI=1S/C28H33N7O.C19H27N5O.C9H7ClN2.CH4.H6P4/c1-19-9-10-22-21(16-19)27(30-18-29-22)34-11-5-4-8-25(34)24-17-26-31-23-7-3-2-6-20(23)28(35(26)32-24)33-12-14-36-15-13-33;1-2-6-15-14(5-1)19(23-9-11-25-12-10-23)24-18(21-15)13-17(22-24)16-7-3-4-8-20-16;1-6-2-3-8-7(4-6)9(10)12-5-11-8;;1-4(2)3/h9-10,16-18,25H,2-8,11-15H2,1H3;13,16,20H,1-12H2;2-5H,1H3;1H4;1-3H2. The number of benzene rings is 2. The number of rotatable bonds is 5. The summed E-state index contributed by atoms with van der Waals surface area (Å²) in [7, 11) is 7.94. The highest BCUT2D eigenvalue weighted by atomic mass is 35.5. The van der Waals surface area contributed by atoms with E-state index < -0.39 is 0 Å². The zero-order valence-corrected chi connectivity index (χ0v) is 49.7. The number of aryl methyl sites for hydroxylation is 4. The van der Waals surface area contributed by atoms with Gasteiger partial charge in [-0.05, 0) is 135 Å². The van der Waals surface area contributed by atoms with E-state index in [-0.39, 0.29) is 20.5 Å². The molecule has 16 nitrogen and oxygen atoms in total. The van der Waals surface area contributed by atoms with Crippen LogP contribution in [0.5, 0.6) is 0 Å². The zero-order valence-electron chi connectivity index (χ0n) is 44.6. The molecular weight excluding hydrogens is 1070 g/mol. The third-order valence-electron chi connectivity index (χ3n) is 15.7. The number of ether oxygens (including phenoxy) is 2. The van der Waals surface area contributed by atoms with Crippen molar-refractivity contribution >= 4 is 95.9 Å². The molecule has 2 aromatic carbocycles. The number of fused-ring (bicyclic) bond motifs is 6. The Morgan fingerprint density at radius 1 is 0.590 bits per heavy atom. The molecule has 78 heavy (non-hydrogen) atoms. The van der Waals surface area contributed by atoms with E-state index >= 15 is 0 Å². The molecule has 6 aromatic heterocycles. The summed E-state index contributed by atoms with van der Waals surface area (Å²) in [6, 6.07) is 17.4. The number of halogens is 1. The molecule has 0 saturated carbocycles. The van der Waals surface area contributed by atoms with Gasteiger partial charge in [0.1, 0.15) is 35.3 Å². The van der Waals surface area contributed by atoms with Crippen LogP contribution < -0.4 is 20.0 Å². The van der Waals surface area contributed by atoms with E-state index in [0.29, 0.717) is 11.2 Å². The summed E-state index contributed by atoms with van der Waals surface area (Å²) in [5.74, 6) is 3.55. The quantitative estimate of drug-likeness (QED) is 0.128. The van der Waals surface area contributed by atoms with Gasteiger partial charge >= 0.3 is 0 Å². The number of hydrogen-bond donors (Lipinski definition) is 1. The summed E-state index contributed by atoms with van der Waals surface area (Å²) in [4.78, 5) is 34.9.